The Morgan fingerprint density at radius 2 is 1.94 bits per heavy atom. The normalized spacial score (nSPS) is 11.9. The second-order valence-corrected chi connectivity index (χ2v) is 3.18. The first kappa shape index (κ1) is 12.2. The van der Waals surface area contributed by atoms with Crippen molar-refractivity contribution in [3.05, 3.63) is 38.4 Å². The molecule has 1 atom stereocenters. The van der Waals surface area contributed by atoms with Crippen LogP contribution in [0.25, 0.3) is 0 Å². The molecule has 0 saturated heterocycles. The Hall–Kier alpha value is -1.87. The lowest BCUT2D eigenvalue weighted by molar-refractivity contribution is -0.394. The van der Waals surface area contributed by atoms with E-state index in [1.165, 1.54) is 0 Å². The fourth-order valence-electron chi connectivity index (χ4n) is 0.992. The number of nitrogens with zero attached hydrogens (tertiary/aromatic N) is 2. The first-order chi connectivity index (χ1) is 7.41. The Balaban J connectivity index is 3.19. The van der Waals surface area contributed by atoms with Crippen molar-refractivity contribution in [3.63, 3.8) is 0 Å². The van der Waals surface area contributed by atoms with Gasteiger partial charge in [0.05, 0.1) is 15.9 Å². The molecule has 0 aromatic heterocycles. The maximum atomic E-state index is 10.6. The summed E-state index contributed by atoms with van der Waals surface area (Å²) in [5, 5.41) is 21.0. The zero-order valence-electron chi connectivity index (χ0n) is 7.77. The third kappa shape index (κ3) is 2.81. The number of ether oxygens (including phenoxy) is 1. The van der Waals surface area contributed by atoms with Gasteiger partial charge in [-0.3, -0.25) is 26.0 Å². The Morgan fingerprint density at radius 3 is 2.38 bits per heavy atom. The molecule has 0 radical (unpaired) electrons. The van der Waals surface area contributed by atoms with Gasteiger partial charge in [-0.2, -0.15) is 0 Å². The quantitative estimate of drug-likeness (QED) is 0.354. The maximum Gasteiger partial charge on any atom is 0.317 e. The van der Waals surface area contributed by atoms with Gasteiger partial charge in [0.15, 0.2) is 5.56 Å². The average Bonchev–Trinajstić information content (AvgIpc) is 2.16. The highest BCUT2D eigenvalue weighted by atomic mass is 32.1. The number of nitro benzene ring substituents is 2. The van der Waals surface area contributed by atoms with E-state index in [0.29, 0.717) is 0 Å². The number of non-ortho nitro benzene ring substituents is 1. The molecule has 16 heavy (non-hydrogen) atoms. The van der Waals surface area contributed by atoms with Gasteiger partial charge < -0.3 is 4.74 Å². The molecule has 0 amide bonds. The first-order valence-corrected chi connectivity index (χ1v) is 4.46. The predicted octanol–water partition coefficient (Wildman–Crippen LogP) is 1.05. The SMILES string of the molecule is N[C@@H](S)Oc1ccc([N+](=O)[O-])cc1[N+](=O)[O-]. The molecular weight excluding hydrogens is 238 g/mol. The van der Waals surface area contributed by atoms with Crippen molar-refractivity contribution in [1.29, 1.82) is 0 Å². The third-order valence-electron chi connectivity index (χ3n) is 1.60. The third-order valence-corrected chi connectivity index (χ3v) is 1.70. The second-order valence-electron chi connectivity index (χ2n) is 2.67. The zero-order valence-corrected chi connectivity index (χ0v) is 8.66. The van der Waals surface area contributed by atoms with E-state index in [1.807, 2.05) is 0 Å². The summed E-state index contributed by atoms with van der Waals surface area (Å²) in [6.45, 7) is 0. The zero-order chi connectivity index (χ0) is 12.3. The number of nitrogens with two attached hydrogens (primary N) is 1. The maximum absolute atomic E-state index is 10.6. The lowest BCUT2D eigenvalue weighted by Gasteiger charge is -2.08. The summed E-state index contributed by atoms with van der Waals surface area (Å²) in [6, 6.07) is 2.98. The van der Waals surface area contributed by atoms with Gasteiger partial charge >= 0.3 is 5.69 Å². The van der Waals surface area contributed by atoms with E-state index in [2.05, 4.69) is 12.6 Å². The minimum Gasteiger partial charge on any atom is -0.459 e. The molecule has 8 nitrogen and oxygen atoms in total. The topological polar surface area (TPSA) is 122 Å². The van der Waals surface area contributed by atoms with Gasteiger partial charge in [0, 0.05) is 6.07 Å². The molecule has 1 rings (SSSR count). The second kappa shape index (κ2) is 4.77. The van der Waals surface area contributed by atoms with Crippen LogP contribution in [0.15, 0.2) is 18.2 Å². The summed E-state index contributed by atoms with van der Waals surface area (Å²) in [6.07, 6.45) is 0. The van der Waals surface area contributed by atoms with Gasteiger partial charge in [-0.1, -0.05) is 0 Å². The predicted molar refractivity (Wildman–Crippen MR) is 57.3 cm³/mol. The Morgan fingerprint density at radius 1 is 1.31 bits per heavy atom. The molecule has 86 valence electrons. The van der Waals surface area contributed by atoms with Crippen LogP contribution < -0.4 is 10.5 Å². The van der Waals surface area contributed by atoms with Gasteiger partial charge in [-0.15, -0.1) is 12.6 Å². The van der Waals surface area contributed by atoms with Crippen molar-refractivity contribution in [2.24, 2.45) is 5.73 Å². The van der Waals surface area contributed by atoms with Crippen LogP contribution in [0.3, 0.4) is 0 Å². The molecule has 0 fully saturated rings. The van der Waals surface area contributed by atoms with Gasteiger partial charge in [-0.05, 0) is 6.07 Å². The van der Waals surface area contributed by atoms with Crippen LogP contribution in [0.5, 0.6) is 5.75 Å². The highest BCUT2D eigenvalue weighted by Gasteiger charge is 2.21. The van der Waals surface area contributed by atoms with Crippen molar-refractivity contribution in [2.75, 3.05) is 0 Å². The van der Waals surface area contributed by atoms with Crippen molar-refractivity contribution >= 4 is 24.0 Å². The van der Waals surface area contributed by atoms with Crippen LogP contribution in [-0.2, 0) is 0 Å². The monoisotopic (exact) mass is 245 g/mol. The van der Waals surface area contributed by atoms with Crippen LogP contribution in [0.4, 0.5) is 11.4 Å². The molecular formula is C7H7N3O5S. The lowest BCUT2D eigenvalue weighted by atomic mass is 10.2. The number of nitro groups is 2. The molecule has 0 saturated carbocycles. The Bertz CT molecular complexity index is 436. The van der Waals surface area contributed by atoms with Crippen LogP contribution in [0.2, 0.25) is 0 Å². The van der Waals surface area contributed by atoms with Crippen LogP contribution in [0.1, 0.15) is 0 Å². The Kier molecular flexibility index (Phi) is 3.64. The minimum absolute atomic E-state index is 0.168. The molecule has 2 N–H and O–H groups in total. The highest BCUT2D eigenvalue weighted by Crippen LogP contribution is 2.31. The number of rotatable bonds is 4. The van der Waals surface area contributed by atoms with E-state index < -0.39 is 26.8 Å². The van der Waals surface area contributed by atoms with Gasteiger partial charge in [-0.25, -0.2) is 0 Å². The summed E-state index contributed by atoms with van der Waals surface area (Å²) >= 11 is 3.69. The number of hydrogen-bond donors (Lipinski definition) is 2. The average molecular weight is 245 g/mol. The summed E-state index contributed by atoms with van der Waals surface area (Å²) in [7, 11) is 0. The van der Waals surface area contributed by atoms with E-state index in [4.69, 9.17) is 10.5 Å². The van der Waals surface area contributed by atoms with Crippen LogP contribution in [0, 0.1) is 20.2 Å². The molecule has 0 aliphatic rings. The van der Waals surface area contributed by atoms with E-state index in [9.17, 15) is 20.2 Å². The first-order valence-electron chi connectivity index (χ1n) is 3.95. The fourth-order valence-corrected chi connectivity index (χ4v) is 1.11. The number of benzene rings is 1. The van der Waals surface area contributed by atoms with Crippen molar-refractivity contribution in [3.8, 4) is 5.75 Å². The summed E-state index contributed by atoms with van der Waals surface area (Å²) in [4.78, 5) is 19.5. The van der Waals surface area contributed by atoms with Crippen molar-refractivity contribution in [1.82, 2.24) is 0 Å². The minimum atomic E-state index is -1.04. The molecule has 0 spiro atoms. The summed E-state index contributed by atoms with van der Waals surface area (Å²) < 4.78 is 4.82. The molecule has 1 aromatic carbocycles. The molecule has 9 heteroatoms. The van der Waals surface area contributed by atoms with E-state index >= 15 is 0 Å². The van der Waals surface area contributed by atoms with E-state index in [-0.39, 0.29) is 5.75 Å². The van der Waals surface area contributed by atoms with Crippen molar-refractivity contribution < 1.29 is 14.6 Å². The number of hydrogen-bond acceptors (Lipinski definition) is 7. The van der Waals surface area contributed by atoms with Crippen LogP contribution in [-0.4, -0.2) is 15.4 Å². The molecule has 0 bridgehead atoms. The van der Waals surface area contributed by atoms with E-state index in [0.717, 1.165) is 18.2 Å². The molecule has 0 unspecified atom stereocenters. The van der Waals surface area contributed by atoms with Gasteiger partial charge in [0.25, 0.3) is 5.69 Å². The largest absolute Gasteiger partial charge is 0.459 e. The highest BCUT2D eigenvalue weighted by molar-refractivity contribution is 7.80. The summed E-state index contributed by atoms with van der Waals surface area (Å²) in [5.41, 5.74) is 3.21. The fraction of sp³-hybridized carbons (Fsp3) is 0.143. The van der Waals surface area contributed by atoms with E-state index in [1.54, 1.807) is 0 Å². The Labute approximate surface area is 94.7 Å². The standard InChI is InChI=1S/C7H7N3O5S/c8-7(16)15-6-2-1-4(9(11)12)3-5(6)10(13)14/h1-3,7,16H,8H2/t7-/m1/s1. The van der Waals surface area contributed by atoms with Gasteiger partial charge in [0.2, 0.25) is 5.75 Å². The number of thiol groups is 1. The smallest absolute Gasteiger partial charge is 0.317 e. The molecule has 1 aromatic rings. The molecule has 0 aliphatic heterocycles. The van der Waals surface area contributed by atoms with Crippen molar-refractivity contribution in [2.45, 2.75) is 5.56 Å². The summed E-state index contributed by atoms with van der Waals surface area (Å²) in [5.74, 6) is -0.168. The molecule has 0 heterocycles. The lowest BCUT2D eigenvalue weighted by Crippen LogP contribution is -2.20. The molecule has 0 aliphatic carbocycles. The van der Waals surface area contributed by atoms with Gasteiger partial charge in [0.1, 0.15) is 0 Å². The van der Waals surface area contributed by atoms with Crippen LogP contribution >= 0.6 is 12.6 Å².